The van der Waals surface area contributed by atoms with Crippen LogP contribution in [0.15, 0.2) is 0 Å². The zero-order valence-corrected chi connectivity index (χ0v) is 11.0. The maximum absolute atomic E-state index is 11.4. The summed E-state index contributed by atoms with van der Waals surface area (Å²) in [6.07, 6.45) is 0. The predicted molar refractivity (Wildman–Crippen MR) is 65.8 cm³/mol. The van der Waals surface area contributed by atoms with E-state index in [1.807, 2.05) is 20.8 Å². The molecule has 0 aliphatic carbocycles. The molecule has 0 radical (unpaired) electrons. The van der Waals surface area contributed by atoms with Gasteiger partial charge in [0.25, 0.3) is 0 Å². The highest BCUT2D eigenvalue weighted by Crippen LogP contribution is 2.21. The molecular weight excluding hydrogens is 234 g/mol. The molecule has 3 N–H and O–H groups in total. The molecule has 15 heavy (non-hydrogen) atoms. The minimum Gasteiger partial charge on any atom is -0.459 e. The molecule has 0 amide bonds. The van der Waals surface area contributed by atoms with Gasteiger partial charge in [-0.3, -0.25) is 4.79 Å². The van der Waals surface area contributed by atoms with Crippen molar-refractivity contribution in [1.82, 2.24) is 0 Å². The fourth-order valence-electron chi connectivity index (χ4n) is 0.663. The highest BCUT2D eigenvalue weighted by atomic mass is 33.1. The molecule has 6 heteroatoms. The van der Waals surface area contributed by atoms with Crippen molar-refractivity contribution in [3.8, 4) is 0 Å². The van der Waals surface area contributed by atoms with Crippen molar-refractivity contribution in [2.24, 2.45) is 5.73 Å². The maximum atomic E-state index is 11.4. The SMILES string of the molecule is CC(C)(C)OC(=O)[C@@H](N)CSSCCO. The summed E-state index contributed by atoms with van der Waals surface area (Å²) in [5.74, 6) is 0.769. The average molecular weight is 253 g/mol. The van der Waals surface area contributed by atoms with Gasteiger partial charge < -0.3 is 15.6 Å². The lowest BCUT2D eigenvalue weighted by Crippen LogP contribution is -2.38. The highest BCUT2D eigenvalue weighted by Gasteiger charge is 2.21. The Bertz CT molecular complexity index is 194. The quantitative estimate of drug-likeness (QED) is 0.418. The monoisotopic (exact) mass is 253 g/mol. The molecule has 4 nitrogen and oxygen atoms in total. The van der Waals surface area contributed by atoms with Crippen LogP contribution in [0.25, 0.3) is 0 Å². The van der Waals surface area contributed by atoms with Gasteiger partial charge in [-0.25, -0.2) is 0 Å². The Morgan fingerprint density at radius 3 is 2.53 bits per heavy atom. The van der Waals surface area contributed by atoms with E-state index in [9.17, 15) is 4.79 Å². The van der Waals surface area contributed by atoms with Gasteiger partial charge >= 0.3 is 5.97 Å². The second kappa shape index (κ2) is 7.38. The van der Waals surface area contributed by atoms with Crippen LogP contribution >= 0.6 is 21.6 Å². The van der Waals surface area contributed by atoms with Crippen molar-refractivity contribution in [2.45, 2.75) is 32.4 Å². The van der Waals surface area contributed by atoms with Gasteiger partial charge in [-0.05, 0) is 20.8 Å². The molecule has 0 aromatic rings. The third kappa shape index (κ3) is 9.04. The van der Waals surface area contributed by atoms with Crippen LogP contribution in [0.4, 0.5) is 0 Å². The molecule has 0 aliphatic rings. The molecule has 0 unspecified atom stereocenters. The van der Waals surface area contributed by atoms with Gasteiger partial charge in [0, 0.05) is 11.5 Å². The van der Waals surface area contributed by atoms with Gasteiger partial charge in [0.05, 0.1) is 6.61 Å². The lowest BCUT2D eigenvalue weighted by Gasteiger charge is -2.21. The first kappa shape index (κ1) is 15.1. The number of aliphatic hydroxyl groups excluding tert-OH is 1. The standard InChI is InChI=1S/C9H19NO3S2/c1-9(2,3)13-8(12)7(10)6-15-14-5-4-11/h7,11H,4-6,10H2,1-3H3/t7-/m0/s1. The van der Waals surface area contributed by atoms with Gasteiger partial charge in [-0.2, -0.15) is 0 Å². The highest BCUT2D eigenvalue weighted by molar-refractivity contribution is 8.76. The summed E-state index contributed by atoms with van der Waals surface area (Å²) in [5.41, 5.74) is 5.15. The van der Waals surface area contributed by atoms with Crippen molar-refractivity contribution in [2.75, 3.05) is 18.1 Å². The minimum absolute atomic E-state index is 0.138. The van der Waals surface area contributed by atoms with Crippen LogP contribution in [0.1, 0.15) is 20.8 Å². The average Bonchev–Trinajstić information content (AvgIpc) is 2.09. The smallest absolute Gasteiger partial charge is 0.324 e. The second-order valence-electron chi connectivity index (χ2n) is 3.97. The van der Waals surface area contributed by atoms with Crippen LogP contribution in [0.2, 0.25) is 0 Å². The van der Waals surface area contributed by atoms with Crippen LogP contribution in [0, 0.1) is 0 Å². The summed E-state index contributed by atoms with van der Waals surface area (Å²) >= 11 is 0. The number of ether oxygens (including phenoxy) is 1. The number of hydrogen-bond donors (Lipinski definition) is 2. The fourth-order valence-corrected chi connectivity index (χ4v) is 2.54. The zero-order chi connectivity index (χ0) is 11.9. The van der Waals surface area contributed by atoms with Crippen LogP contribution in [0.5, 0.6) is 0 Å². The van der Waals surface area contributed by atoms with Crippen molar-refractivity contribution in [3.63, 3.8) is 0 Å². The van der Waals surface area contributed by atoms with E-state index in [-0.39, 0.29) is 12.6 Å². The first-order chi connectivity index (χ1) is 6.87. The zero-order valence-electron chi connectivity index (χ0n) is 9.36. The number of hydrogen-bond acceptors (Lipinski definition) is 6. The van der Waals surface area contributed by atoms with Crippen molar-refractivity contribution >= 4 is 27.6 Å². The van der Waals surface area contributed by atoms with Gasteiger partial charge in [-0.15, -0.1) is 0 Å². The molecule has 0 heterocycles. The number of carbonyl (C=O) groups excluding carboxylic acids is 1. The summed E-state index contributed by atoms with van der Waals surface area (Å²) < 4.78 is 5.12. The molecule has 0 saturated heterocycles. The van der Waals surface area contributed by atoms with E-state index in [0.717, 1.165) is 0 Å². The Morgan fingerprint density at radius 2 is 2.07 bits per heavy atom. The first-order valence-electron chi connectivity index (χ1n) is 4.70. The maximum Gasteiger partial charge on any atom is 0.324 e. The van der Waals surface area contributed by atoms with Crippen molar-refractivity contribution < 1.29 is 14.6 Å². The van der Waals surface area contributed by atoms with E-state index < -0.39 is 11.6 Å². The molecule has 0 saturated carbocycles. The molecule has 90 valence electrons. The van der Waals surface area contributed by atoms with Crippen molar-refractivity contribution in [3.05, 3.63) is 0 Å². The Hall–Kier alpha value is 0.0900. The predicted octanol–water partition coefficient (Wildman–Crippen LogP) is 1.03. The molecular formula is C9H19NO3S2. The molecule has 0 fully saturated rings. The lowest BCUT2D eigenvalue weighted by atomic mass is 10.2. The Kier molecular flexibility index (Phi) is 7.42. The molecule has 0 aromatic heterocycles. The molecule has 1 atom stereocenters. The second-order valence-corrected chi connectivity index (χ2v) is 6.60. The van der Waals surface area contributed by atoms with Crippen molar-refractivity contribution in [1.29, 1.82) is 0 Å². The van der Waals surface area contributed by atoms with E-state index in [1.54, 1.807) is 0 Å². The normalized spacial score (nSPS) is 13.7. The largest absolute Gasteiger partial charge is 0.459 e. The van der Waals surface area contributed by atoms with E-state index in [1.165, 1.54) is 21.6 Å². The number of esters is 1. The van der Waals surface area contributed by atoms with E-state index >= 15 is 0 Å². The summed E-state index contributed by atoms with van der Waals surface area (Å²) in [6, 6.07) is -0.597. The summed E-state index contributed by atoms with van der Waals surface area (Å²) in [5, 5.41) is 8.54. The third-order valence-corrected chi connectivity index (χ3v) is 3.63. The Balaban J connectivity index is 3.70. The number of rotatable bonds is 6. The molecule has 0 aliphatic heterocycles. The Labute approximate surface area is 98.7 Å². The molecule has 0 bridgehead atoms. The Morgan fingerprint density at radius 1 is 1.47 bits per heavy atom. The first-order valence-corrected chi connectivity index (χ1v) is 7.19. The fraction of sp³-hybridized carbons (Fsp3) is 0.889. The summed E-state index contributed by atoms with van der Waals surface area (Å²) in [4.78, 5) is 11.4. The summed E-state index contributed by atoms with van der Waals surface area (Å²) in [7, 11) is 2.97. The van der Waals surface area contributed by atoms with Gasteiger partial charge in [0.15, 0.2) is 0 Å². The van der Waals surface area contributed by atoms with E-state index in [4.69, 9.17) is 15.6 Å². The number of carbonyl (C=O) groups is 1. The number of aliphatic hydroxyl groups is 1. The minimum atomic E-state index is -0.597. The van der Waals surface area contributed by atoms with Gasteiger partial charge in [-0.1, -0.05) is 21.6 Å². The molecule has 0 aromatic carbocycles. The molecule has 0 spiro atoms. The van der Waals surface area contributed by atoms with Crippen LogP contribution < -0.4 is 5.73 Å². The van der Waals surface area contributed by atoms with Crippen LogP contribution in [-0.2, 0) is 9.53 Å². The van der Waals surface area contributed by atoms with E-state index in [0.29, 0.717) is 11.5 Å². The van der Waals surface area contributed by atoms with E-state index in [2.05, 4.69) is 0 Å². The van der Waals surface area contributed by atoms with Crippen LogP contribution in [-0.4, -0.2) is 40.8 Å². The third-order valence-electron chi connectivity index (χ3n) is 1.22. The summed E-state index contributed by atoms with van der Waals surface area (Å²) in [6.45, 7) is 5.57. The molecule has 0 rings (SSSR count). The topological polar surface area (TPSA) is 72.5 Å². The van der Waals surface area contributed by atoms with Crippen LogP contribution in [0.3, 0.4) is 0 Å². The lowest BCUT2D eigenvalue weighted by molar-refractivity contribution is -0.155. The van der Waals surface area contributed by atoms with Gasteiger partial charge in [0.2, 0.25) is 0 Å². The van der Waals surface area contributed by atoms with Gasteiger partial charge in [0.1, 0.15) is 11.6 Å². The number of nitrogens with two attached hydrogens (primary N) is 1.